The summed E-state index contributed by atoms with van der Waals surface area (Å²) in [6.45, 7) is 0. The first-order chi connectivity index (χ1) is 8.95. The fraction of sp³-hybridized carbons (Fsp3) is 0.538. The van der Waals surface area contributed by atoms with Crippen molar-refractivity contribution in [1.29, 1.82) is 0 Å². The van der Waals surface area contributed by atoms with E-state index >= 15 is 0 Å². The Bertz CT molecular complexity index is 534. The molecule has 0 bridgehead atoms. The van der Waals surface area contributed by atoms with Crippen LogP contribution in [0.5, 0.6) is 11.5 Å². The highest BCUT2D eigenvalue weighted by molar-refractivity contribution is 9.09. The predicted molar refractivity (Wildman–Crippen MR) is 78.0 cm³/mol. The van der Waals surface area contributed by atoms with Crippen molar-refractivity contribution in [3.8, 4) is 11.5 Å². The fourth-order valence-corrected chi connectivity index (χ4v) is 5.12. The second kappa shape index (κ2) is 5.71. The standard InChI is InChI=1S/C13H17BrO4S/c1-17-11-5-10(6-12(7-11)18-2)13(14)9-3-4-19(15,16)8-9/h5-7,9,13H,3-4,8H2,1-2H3. The van der Waals surface area contributed by atoms with Crippen molar-refractivity contribution in [2.24, 2.45) is 5.92 Å². The Morgan fingerprint density at radius 1 is 1.21 bits per heavy atom. The topological polar surface area (TPSA) is 52.6 Å². The van der Waals surface area contributed by atoms with E-state index in [4.69, 9.17) is 9.47 Å². The Morgan fingerprint density at radius 3 is 2.21 bits per heavy atom. The Morgan fingerprint density at radius 2 is 1.79 bits per heavy atom. The highest BCUT2D eigenvalue weighted by Gasteiger charge is 2.33. The molecule has 0 saturated carbocycles. The number of hydrogen-bond acceptors (Lipinski definition) is 4. The lowest BCUT2D eigenvalue weighted by molar-refractivity contribution is 0.392. The van der Waals surface area contributed by atoms with Gasteiger partial charge in [0.25, 0.3) is 0 Å². The summed E-state index contributed by atoms with van der Waals surface area (Å²) >= 11 is 3.62. The number of ether oxygens (including phenoxy) is 2. The van der Waals surface area contributed by atoms with Gasteiger partial charge in [0.15, 0.2) is 9.84 Å². The fourth-order valence-electron chi connectivity index (χ4n) is 2.32. The molecule has 0 amide bonds. The van der Waals surface area contributed by atoms with Crippen molar-refractivity contribution in [3.05, 3.63) is 23.8 Å². The van der Waals surface area contributed by atoms with Crippen LogP contribution in [0.3, 0.4) is 0 Å². The van der Waals surface area contributed by atoms with Gasteiger partial charge in [-0.2, -0.15) is 0 Å². The Balaban J connectivity index is 2.26. The van der Waals surface area contributed by atoms with Crippen molar-refractivity contribution in [1.82, 2.24) is 0 Å². The molecule has 2 unspecified atom stereocenters. The van der Waals surface area contributed by atoms with E-state index in [0.29, 0.717) is 17.9 Å². The zero-order chi connectivity index (χ0) is 14.0. The van der Waals surface area contributed by atoms with Gasteiger partial charge in [-0.3, -0.25) is 0 Å². The summed E-state index contributed by atoms with van der Waals surface area (Å²) in [6.07, 6.45) is 0.692. The molecule has 1 aromatic carbocycles. The van der Waals surface area contributed by atoms with Crippen LogP contribution in [0, 0.1) is 5.92 Å². The summed E-state index contributed by atoms with van der Waals surface area (Å²) in [5, 5.41) is 0. The zero-order valence-corrected chi connectivity index (χ0v) is 13.3. The monoisotopic (exact) mass is 348 g/mol. The highest BCUT2D eigenvalue weighted by Crippen LogP contribution is 2.40. The maximum absolute atomic E-state index is 11.6. The molecular formula is C13H17BrO4S. The third-order valence-electron chi connectivity index (χ3n) is 3.37. The van der Waals surface area contributed by atoms with Crippen LogP contribution >= 0.6 is 15.9 Å². The van der Waals surface area contributed by atoms with E-state index in [1.807, 2.05) is 12.1 Å². The van der Waals surface area contributed by atoms with Crippen LogP contribution in [-0.4, -0.2) is 34.1 Å². The van der Waals surface area contributed by atoms with E-state index in [2.05, 4.69) is 15.9 Å². The summed E-state index contributed by atoms with van der Waals surface area (Å²) in [7, 11) is 0.326. The molecule has 2 rings (SSSR count). The molecule has 1 aromatic rings. The minimum atomic E-state index is -2.87. The molecular weight excluding hydrogens is 332 g/mol. The number of hydrogen-bond donors (Lipinski definition) is 0. The second-order valence-corrected chi connectivity index (χ2v) is 7.93. The molecule has 19 heavy (non-hydrogen) atoms. The van der Waals surface area contributed by atoms with Crippen LogP contribution in [0.1, 0.15) is 16.8 Å². The van der Waals surface area contributed by atoms with Gasteiger partial charge in [-0.1, -0.05) is 15.9 Å². The summed E-state index contributed by atoms with van der Waals surface area (Å²) in [5.41, 5.74) is 0.985. The average molecular weight is 349 g/mol. The third-order valence-corrected chi connectivity index (χ3v) is 6.44. The molecule has 1 heterocycles. The molecule has 0 aliphatic carbocycles. The quantitative estimate of drug-likeness (QED) is 0.784. The van der Waals surface area contributed by atoms with E-state index in [1.54, 1.807) is 20.3 Å². The maximum atomic E-state index is 11.6. The Kier molecular flexibility index (Phi) is 4.40. The molecule has 1 fully saturated rings. The van der Waals surface area contributed by atoms with E-state index in [0.717, 1.165) is 5.56 Å². The lowest BCUT2D eigenvalue weighted by Crippen LogP contribution is -2.10. The van der Waals surface area contributed by atoms with Crippen molar-refractivity contribution in [2.45, 2.75) is 11.2 Å². The van der Waals surface area contributed by atoms with Crippen molar-refractivity contribution in [3.63, 3.8) is 0 Å². The Hall–Kier alpha value is -0.750. The van der Waals surface area contributed by atoms with Gasteiger partial charge in [-0.05, 0) is 30.0 Å². The van der Waals surface area contributed by atoms with Gasteiger partial charge in [0, 0.05) is 10.9 Å². The molecule has 0 N–H and O–H groups in total. The molecule has 0 aromatic heterocycles. The van der Waals surface area contributed by atoms with Crippen LogP contribution in [0.2, 0.25) is 0 Å². The smallest absolute Gasteiger partial charge is 0.150 e. The summed E-state index contributed by atoms with van der Waals surface area (Å²) in [6, 6.07) is 5.62. The normalized spacial score (nSPS) is 23.0. The molecule has 1 aliphatic heterocycles. The lowest BCUT2D eigenvalue weighted by atomic mass is 9.98. The molecule has 6 heteroatoms. The van der Waals surface area contributed by atoms with Crippen molar-refractivity contribution in [2.75, 3.05) is 25.7 Å². The van der Waals surface area contributed by atoms with E-state index in [1.165, 1.54) is 0 Å². The largest absolute Gasteiger partial charge is 0.497 e. The highest BCUT2D eigenvalue weighted by atomic mass is 79.9. The van der Waals surface area contributed by atoms with Crippen LogP contribution < -0.4 is 9.47 Å². The number of sulfone groups is 1. The zero-order valence-electron chi connectivity index (χ0n) is 10.9. The lowest BCUT2D eigenvalue weighted by Gasteiger charge is -2.18. The third kappa shape index (κ3) is 3.42. The molecule has 1 saturated heterocycles. The number of rotatable bonds is 4. The van der Waals surface area contributed by atoms with Gasteiger partial charge >= 0.3 is 0 Å². The van der Waals surface area contributed by atoms with Gasteiger partial charge in [0.1, 0.15) is 11.5 Å². The molecule has 106 valence electrons. The SMILES string of the molecule is COc1cc(OC)cc(C(Br)C2CCS(=O)(=O)C2)c1. The van der Waals surface area contributed by atoms with Crippen LogP contribution in [-0.2, 0) is 9.84 Å². The summed E-state index contributed by atoms with van der Waals surface area (Å²) < 4.78 is 33.6. The van der Waals surface area contributed by atoms with E-state index < -0.39 is 9.84 Å². The first kappa shape index (κ1) is 14.7. The van der Waals surface area contributed by atoms with Gasteiger partial charge in [0.2, 0.25) is 0 Å². The summed E-state index contributed by atoms with van der Waals surface area (Å²) in [4.78, 5) is -0.00576. The number of halogens is 1. The first-order valence-corrected chi connectivity index (χ1v) is 8.76. The molecule has 2 atom stereocenters. The number of alkyl halides is 1. The average Bonchev–Trinajstić information content (AvgIpc) is 2.77. The summed E-state index contributed by atoms with van der Waals surface area (Å²) in [5.74, 6) is 2.03. The number of benzene rings is 1. The van der Waals surface area contributed by atoms with Gasteiger partial charge in [0.05, 0.1) is 25.7 Å². The maximum Gasteiger partial charge on any atom is 0.150 e. The van der Waals surface area contributed by atoms with Crippen molar-refractivity contribution < 1.29 is 17.9 Å². The first-order valence-electron chi connectivity index (χ1n) is 6.02. The van der Waals surface area contributed by atoms with Crippen molar-refractivity contribution >= 4 is 25.8 Å². The minimum Gasteiger partial charge on any atom is -0.497 e. The van der Waals surface area contributed by atoms with E-state index in [-0.39, 0.29) is 22.3 Å². The van der Waals surface area contributed by atoms with Gasteiger partial charge < -0.3 is 9.47 Å². The molecule has 4 nitrogen and oxygen atoms in total. The molecule has 0 spiro atoms. The molecule has 0 radical (unpaired) electrons. The van der Waals surface area contributed by atoms with Crippen LogP contribution in [0.15, 0.2) is 18.2 Å². The Labute approximate surface area is 122 Å². The second-order valence-electron chi connectivity index (χ2n) is 4.71. The van der Waals surface area contributed by atoms with Crippen LogP contribution in [0.4, 0.5) is 0 Å². The molecule has 1 aliphatic rings. The van der Waals surface area contributed by atoms with Gasteiger partial charge in [-0.25, -0.2) is 8.42 Å². The predicted octanol–water partition coefficient (Wildman–Crippen LogP) is 2.57. The number of methoxy groups -OCH3 is 2. The van der Waals surface area contributed by atoms with E-state index in [9.17, 15) is 8.42 Å². The minimum absolute atomic E-state index is 0.00576. The van der Waals surface area contributed by atoms with Crippen LogP contribution in [0.25, 0.3) is 0 Å². The van der Waals surface area contributed by atoms with Gasteiger partial charge in [-0.15, -0.1) is 0 Å².